The van der Waals surface area contributed by atoms with Gasteiger partial charge in [-0.05, 0) is 20.0 Å². The van der Waals surface area contributed by atoms with E-state index in [1.54, 1.807) is 0 Å². The summed E-state index contributed by atoms with van der Waals surface area (Å²) in [5.41, 5.74) is 0. The quantitative estimate of drug-likeness (QED) is 0.557. The highest BCUT2D eigenvalue weighted by Crippen LogP contribution is 1.94. The van der Waals surface area contributed by atoms with Crippen molar-refractivity contribution in [3.05, 3.63) is 0 Å². The van der Waals surface area contributed by atoms with Crippen molar-refractivity contribution < 1.29 is 9.59 Å². The van der Waals surface area contributed by atoms with Gasteiger partial charge in [-0.2, -0.15) is 12.6 Å². The summed E-state index contributed by atoms with van der Waals surface area (Å²) in [5.74, 6) is -0.107. The molecule has 106 valence electrons. The summed E-state index contributed by atoms with van der Waals surface area (Å²) >= 11 is 4.07. The number of amides is 2. The van der Waals surface area contributed by atoms with E-state index in [2.05, 4.69) is 42.0 Å². The summed E-state index contributed by atoms with van der Waals surface area (Å²) in [6.07, 6.45) is 0. The molecule has 2 amide bonds. The Bertz CT molecular complexity index is 270. The SMILES string of the molecule is CCN(CC)CC(C)NC(=O)C(CS)NC(C)=O. The zero-order valence-electron chi connectivity index (χ0n) is 11.7. The highest BCUT2D eigenvalue weighted by molar-refractivity contribution is 7.80. The molecule has 0 aromatic rings. The van der Waals surface area contributed by atoms with Crippen molar-refractivity contribution in [3.63, 3.8) is 0 Å². The largest absolute Gasteiger partial charge is 0.351 e. The van der Waals surface area contributed by atoms with Gasteiger partial charge in [0.05, 0.1) is 0 Å². The molecule has 0 saturated heterocycles. The Morgan fingerprint density at radius 3 is 2.17 bits per heavy atom. The van der Waals surface area contributed by atoms with Crippen LogP contribution in [0.15, 0.2) is 0 Å². The maximum Gasteiger partial charge on any atom is 0.243 e. The van der Waals surface area contributed by atoms with Crippen LogP contribution >= 0.6 is 12.6 Å². The lowest BCUT2D eigenvalue weighted by molar-refractivity contribution is -0.128. The van der Waals surface area contributed by atoms with E-state index in [0.717, 1.165) is 19.6 Å². The smallest absolute Gasteiger partial charge is 0.243 e. The van der Waals surface area contributed by atoms with Gasteiger partial charge in [0.15, 0.2) is 0 Å². The number of carbonyl (C=O) groups excluding carboxylic acids is 2. The van der Waals surface area contributed by atoms with Crippen molar-refractivity contribution in [2.75, 3.05) is 25.4 Å². The van der Waals surface area contributed by atoms with Crippen molar-refractivity contribution in [2.45, 2.75) is 39.8 Å². The van der Waals surface area contributed by atoms with E-state index in [1.165, 1.54) is 6.92 Å². The number of likely N-dealkylation sites (N-methyl/N-ethyl adjacent to an activating group) is 1. The van der Waals surface area contributed by atoms with Crippen molar-refractivity contribution in [1.82, 2.24) is 15.5 Å². The first-order valence-electron chi connectivity index (χ1n) is 6.35. The van der Waals surface area contributed by atoms with Crippen LogP contribution in [-0.4, -0.2) is 54.2 Å². The van der Waals surface area contributed by atoms with Crippen molar-refractivity contribution in [1.29, 1.82) is 0 Å². The Balaban J connectivity index is 4.22. The fraction of sp³-hybridized carbons (Fsp3) is 0.833. The molecule has 2 N–H and O–H groups in total. The molecule has 2 unspecified atom stereocenters. The van der Waals surface area contributed by atoms with Crippen LogP contribution in [0.2, 0.25) is 0 Å². The molecule has 0 spiro atoms. The third-order valence-electron chi connectivity index (χ3n) is 2.69. The minimum absolute atomic E-state index is 0.0496. The second-order valence-corrected chi connectivity index (χ2v) is 4.70. The minimum atomic E-state index is -0.565. The van der Waals surface area contributed by atoms with Crippen LogP contribution in [0.3, 0.4) is 0 Å². The molecule has 0 aliphatic rings. The number of rotatable bonds is 8. The fourth-order valence-electron chi connectivity index (χ4n) is 1.70. The Kier molecular flexibility index (Phi) is 8.83. The van der Waals surface area contributed by atoms with Gasteiger partial charge in [-0.15, -0.1) is 0 Å². The zero-order valence-corrected chi connectivity index (χ0v) is 12.6. The lowest BCUT2D eigenvalue weighted by Crippen LogP contribution is -2.51. The van der Waals surface area contributed by atoms with E-state index in [9.17, 15) is 9.59 Å². The van der Waals surface area contributed by atoms with Crippen LogP contribution in [0.1, 0.15) is 27.7 Å². The predicted molar refractivity (Wildman–Crippen MR) is 76.9 cm³/mol. The number of nitrogens with one attached hydrogen (secondary N) is 2. The maximum absolute atomic E-state index is 11.9. The van der Waals surface area contributed by atoms with Gasteiger partial charge in [-0.1, -0.05) is 13.8 Å². The Morgan fingerprint density at radius 1 is 1.22 bits per heavy atom. The van der Waals surface area contributed by atoms with Gasteiger partial charge in [0, 0.05) is 25.3 Å². The lowest BCUT2D eigenvalue weighted by atomic mass is 10.2. The van der Waals surface area contributed by atoms with Crippen molar-refractivity contribution >= 4 is 24.4 Å². The zero-order chi connectivity index (χ0) is 14.1. The molecule has 18 heavy (non-hydrogen) atoms. The first-order chi connectivity index (χ1) is 8.44. The molecule has 0 radical (unpaired) electrons. The topological polar surface area (TPSA) is 61.4 Å². The Morgan fingerprint density at radius 2 is 1.78 bits per heavy atom. The van der Waals surface area contributed by atoms with E-state index < -0.39 is 6.04 Å². The summed E-state index contributed by atoms with van der Waals surface area (Å²) in [7, 11) is 0. The number of hydrogen-bond acceptors (Lipinski definition) is 4. The number of carbonyl (C=O) groups is 2. The first kappa shape index (κ1) is 17.2. The van der Waals surface area contributed by atoms with Gasteiger partial charge < -0.3 is 15.5 Å². The highest BCUT2D eigenvalue weighted by atomic mass is 32.1. The monoisotopic (exact) mass is 275 g/mol. The second kappa shape index (κ2) is 9.22. The van der Waals surface area contributed by atoms with Crippen LogP contribution in [0, 0.1) is 0 Å². The van der Waals surface area contributed by atoms with Crippen LogP contribution in [0.25, 0.3) is 0 Å². The van der Waals surface area contributed by atoms with E-state index in [-0.39, 0.29) is 17.9 Å². The van der Waals surface area contributed by atoms with Crippen molar-refractivity contribution in [2.24, 2.45) is 0 Å². The fourth-order valence-corrected chi connectivity index (χ4v) is 1.95. The average molecular weight is 275 g/mol. The van der Waals surface area contributed by atoms with Crippen LogP contribution in [0.4, 0.5) is 0 Å². The molecule has 0 saturated carbocycles. The van der Waals surface area contributed by atoms with E-state index >= 15 is 0 Å². The maximum atomic E-state index is 11.9. The van der Waals surface area contributed by atoms with Gasteiger partial charge in [0.1, 0.15) is 6.04 Å². The summed E-state index contributed by atoms with van der Waals surface area (Å²) in [5, 5.41) is 5.47. The molecule has 0 aliphatic heterocycles. The molecule has 0 rings (SSSR count). The number of hydrogen-bond donors (Lipinski definition) is 3. The predicted octanol–water partition coefficient (Wildman–Crippen LogP) is 0.267. The third-order valence-corrected chi connectivity index (χ3v) is 3.06. The summed E-state index contributed by atoms with van der Waals surface area (Å²) < 4.78 is 0. The molecule has 0 bridgehead atoms. The van der Waals surface area contributed by atoms with E-state index in [0.29, 0.717) is 5.75 Å². The van der Waals surface area contributed by atoms with Gasteiger partial charge in [-0.25, -0.2) is 0 Å². The molecule has 2 atom stereocenters. The standard InChI is InChI=1S/C12H25N3O2S/c1-5-15(6-2)7-9(3)13-12(17)11(8-18)14-10(4)16/h9,11,18H,5-8H2,1-4H3,(H,13,17)(H,14,16). The molecule has 0 aromatic heterocycles. The average Bonchev–Trinajstić information content (AvgIpc) is 2.32. The number of nitrogens with zero attached hydrogens (tertiary/aromatic N) is 1. The highest BCUT2D eigenvalue weighted by Gasteiger charge is 2.19. The molecule has 6 heteroatoms. The first-order valence-corrected chi connectivity index (χ1v) is 6.98. The summed E-state index contributed by atoms with van der Waals surface area (Å²) in [4.78, 5) is 25.1. The molecule has 0 aliphatic carbocycles. The van der Waals surface area contributed by atoms with E-state index in [1.807, 2.05) is 6.92 Å². The lowest BCUT2D eigenvalue weighted by Gasteiger charge is -2.25. The molecule has 0 aromatic carbocycles. The minimum Gasteiger partial charge on any atom is -0.351 e. The molecule has 0 heterocycles. The van der Waals surface area contributed by atoms with Crippen LogP contribution < -0.4 is 10.6 Å². The van der Waals surface area contributed by atoms with Gasteiger partial charge in [0.25, 0.3) is 0 Å². The van der Waals surface area contributed by atoms with Gasteiger partial charge in [-0.3, -0.25) is 9.59 Å². The molecular formula is C12H25N3O2S. The summed E-state index contributed by atoms with van der Waals surface area (Å²) in [6.45, 7) is 10.2. The van der Waals surface area contributed by atoms with E-state index in [4.69, 9.17) is 0 Å². The van der Waals surface area contributed by atoms with Gasteiger partial charge in [0.2, 0.25) is 11.8 Å². The summed E-state index contributed by atoms with van der Waals surface area (Å²) in [6, 6.07) is -0.515. The van der Waals surface area contributed by atoms with Crippen LogP contribution in [-0.2, 0) is 9.59 Å². The number of thiol groups is 1. The normalized spacial score (nSPS) is 14.1. The second-order valence-electron chi connectivity index (χ2n) is 4.33. The Hall–Kier alpha value is -0.750. The van der Waals surface area contributed by atoms with Crippen LogP contribution in [0.5, 0.6) is 0 Å². The Labute approximate surface area is 115 Å². The van der Waals surface area contributed by atoms with Crippen molar-refractivity contribution in [3.8, 4) is 0 Å². The molecular weight excluding hydrogens is 250 g/mol. The molecule has 0 fully saturated rings. The van der Waals surface area contributed by atoms with Gasteiger partial charge >= 0.3 is 0 Å². The third kappa shape index (κ3) is 6.86. The molecule has 5 nitrogen and oxygen atoms in total.